The molecular formula is C22H24N2O2. The Bertz CT molecular complexity index is 790. The van der Waals surface area contributed by atoms with E-state index in [1.54, 1.807) is 4.90 Å². The normalized spacial score (nSPS) is 24.3. The number of para-hydroxylation sites is 1. The lowest BCUT2D eigenvalue weighted by molar-refractivity contribution is -0.132. The van der Waals surface area contributed by atoms with E-state index < -0.39 is 0 Å². The Morgan fingerprint density at radius 3 is 2.35 bits per heavy atom. The molecule has 4 rings (SSSR count). The van der Waals surface area contributed by atoms with Crippen molar-refractivity contribution in [3.8, 4) is 0 Å². The highest BCUT2D eigenvalue weighted by molar-refractivity contribution is 5.95. The Balaban J connectivity index is 1.35. The monoisotopic (exact) mass is 348 g/mol. The minimum atomic E-state index is -0.0990. The largest absolute Gasteiger partial charge is 0.342 e. The number of benzene rings is 2. The molecule has 0 radical (unpaired) electrons. The molecule has 1 aliphatic heterocycles. The third-order valence-electron chi connectivity index (χ3n) is 5.66. The number of nitrogens with zero attached hydrogens (tertiary/aromatic N) is 2. The molecule has 3 unspecified atom stereocenters. The number of carbonyl (C=O) groups excluding carboxylic acids is 2. The second kappa shape index (κ2) is 6.94. The smallest absolute Gasteiger partial charge is 0.231 e. The summed E-state index contributed by atoms with van der Waals surface area (Å²) < 4.78 is 0. The maximum atomic E-state index is 12.8. The molecular weight excluding hydrogens is 324 g/mol. The molecule has 1 heterocycles. The summed E-state index contributed by atoms with van der Waals surface area (Å²) in [5.74, 6) is 0.667. The average molecular weight is 348 g/mol. The second-order valence-corrected chi connectivity index (χ2v) is 7.36. The van der Waals surface area contributed by atoms with E-state index in [0.29, 0.717) is 19.0 Å². The van der Waals surface area contributed by atoms with Crippen LogP contribution in [-0.2, 0) is 9.59 Å². The van der Waals surface area contributed by atoms with Gasteiger partial charge in [-0.2, -0.15) is 0 Å². The van der Waals surface area contributed by atoms with Gasteiger partial charge in [-0.05, 0) is 36.5 Å². The summed E-state index contributed by atoms with van der Waals surface area (Å²) in [7, 11) is 1.81. The fraction of sp³-hybridized carbons (Fsp3) is 0.364. The van der Waals surface area contributed by atoms with Crippen LogP contribution in [0.5, 0.6) is 0 Å². The van der Waals surface area contributed by atoms with Crippen LogP contribution in [0.25, 0.3) is 0 Å². The topological polar surface area (TPSA) is 40.6 Å². The molecule has 1 aliphatic carbocycles. The van der Waals surface area contributed by atoms with E-state index in [-0.39, 0.29) is 23.7 Å². The van der Waals surface area contributed by atoms with Crippen LogP contribution in [0.1, 0.15) is 24.3 Å². The molecule has 0 spiro atoms. The predicted molar refractivity (Wildman–Crippen MR) is 102 cm³/mol. The maximum absolute atomic E-state index is 12.8. The second-order valence-electron chi connectivity index (χ2n) is 7.36. The zero-order valence-electron chi connectivity index (χ0n) is 15.0. The SMILES string of the molecule is CN(C(=O)C1CCN(C(=O)C2CC2c2ccccc2)C1)c1ccccc1. The minimum Gasteiger partial charge on any atom is -0.342 e. The lowest BCUT2D eigenvalue weighted by atomic mass is 10.1. The molecule has 4 heteroatoms. The van der Waals surface area contributed by atoms with Crippen molar-refractivity contribution < 1.29 is 9.59 Å². The van der Waals surface area contributed by atoms with Crippen LogP contribution in [0.2, 0.25) is 0 Å². The van der Waals surface area contributed by atoms with Gasteiger partial charge < -0.3 is 9.80 Å². The summed E-state index contributed by atoms with van der Waals surface area (Å²) in [6.45, 7) is 1.24. The predicted octanol–water partition coefficient (Wildman–Crippen LogP) is 3.30. The van der Waals surface area contributed by atoms with Crippen molar-refractivity contribution in [2.45, 2.75) is 18.8 Å². The molecule has 2 fully saturated rings. The summed E-state index contributed by atoms with van der Waals surface area (Å²) in [5.41, 5.74) is 2.15. The quantitative estimate of drug-likeness (QED) is 0.851. The van der Waals surface area contributed by atoms with Crippen molar-refractivity contribution in [1.29, 1.82) is 0 Å². The van der Waals surface area contributed by atoms with E-state index in [9.17, 15) is 9.59 Å². The van der Waals surface area contributed by atoms with Crippen molar-refractivity contribution in [2.24, 2.45) is 11.8 Å². The molecule has 2 aromatic carbocycles. The van der Waals surface area contributed by atoms with E-state index >= 15 is 0 Å². The molecule has 2 amide bonds. The lowest BCUT2D eigenvalue weighted by Gasteiger charge is -2.22. The van der Waals surface area contributed by atoms with Gasteiger partial charge in [0.15, 0.2) is 0 Å². The zero-order valence-corrected chi connectivity index (χ0v) is 15.0. The molecule has 0 bridgehead atoms. The third kappa shape index (κ3) is 3.24. The van der Waals surface area contributed by atoms with E-state index in [1.807, 2.05) is 60.5 Å². The average Bonchev–Trinajstić information content (AvgIpc) is 3.35. The van der Waals surface area contributed by atoms with Crippen LogP contribution in [0.15, 0.2) is 60.7 Å². The van der Waals surface area contributed by atoms with E-state index in [4.69, 9.17) is 0 Å². The van der Waals surface area contributed by atoms with Crippen molar-refractivity contribution >= 4 is 17.5 Å². The summed E-state index contributed by atoms with van der Waals surface area (Å²) >= 11 is 0. The van der Waals surface area contributed by atoms with Crippen molar-refractivity contribution in [3.63, 3.8) is 0 Å². The Hall–Kier alpha value is -2.62. The molecule has 1 saturated carbocycles. The highest BCUT2D eigenvalue weighted by Gasteiger charge is 2.47. The van der Waals surface area contributed by atoms with Gasteiger partial charge in [0.2, 0.25) is 11.8 Å². The fourth-order valence-corrected chi connectivity index (χ4v) is 3.99. The molecule has 2 aliphatic rings. The summed E-state index contributed by atoms with van der Waals surface area (Å²) in [4.78, 5) is 29.2. The van der Waals surface area contributed by atoms with Gasteiger partial charge in [-0.1, -0.05) is 48.5 Å². The number of rotatable bonds is 4. The van der Waals surface area contributed by atoms with E-state index in [2.05, 4.69) is 12.1 Å². The number of amides is 2. The minimum absolute atomic E-state index is 0.0955. The van der Waals surface area contributed by atoms with Crippen LogP contribution < -0.4 is 4.90 Å². The number of likely N-dealkylation sites (tertiary alicyclic amines) is 1. The molecule has 26 heavy (non-hydrogen) atoms. The molecule has 4 nitrogen and oxygen atoms in total. The zero-order chi connectivity index (χ0) is 18.1. The van der Waals surface area contributed by atoms with Crippen LogP contribution in [0.4, 0.5) is 5.69 Å². The van der Waals surface area contributed by atoms with Crippen LogP contribution in [0, 0.1) is 11.8 Å². The van der Waals surface area contributed by atoms with Gasteiger partial charge in [0.05, 0.1) is 5.92 Å². The number of anilines is 1. The lowest BCUT2D eigenvalue weighted by Crippen LogP contribution is -2.36. The highest BCUT2D eigenvalue weighted by atomic mass is 16.2. The Morgan fingerprint density at radius 2 is 1.65 bits per heavy atom. The first kappa shape index (κ1) is 16.8. The maximum Gasteiger partial charge on any atom is 0.231 e. The van der Waals surface area contributed by atoms with Crippen molar-refractivity contribution in [2.75, 3.05) is 25.0 Å². The van der Waals surface area contributed by atoms with Crippen LogP contribution >= 0.6 is 0 Å². The van der Waals surface area contributed by atoms with E-state index in [0.717, 1.165) is 18.5 Å². The molecule has 134 valence electrons. The first-order valence-corrected chi connectivity index (χ1v) is 9.31. The summed E-state index contributed by atoms with van der Waals surface area (Å²) in [6.07, 6.45) is 1.69. The first-order chi connectivity index (χ1) is 12.6. The number of carbonyl (C=O) groups is 2. The van der Waals surface area contributed by atoms with Crippen LogP contribution in [0.3, 0.4) is 0 Å². The number of hydrogen-bond donors (Lipinski definition) is 0. The number of hydrogen-bond acceptors (Lipinski definition) is 2. The summed E-state index contributed by atoms with van der Waals surface area (Å²) in [5, 5.41) is 0. The van der Waals surface area contributed by atoms with Gasteiger partial charge in [-0.15, -0.1) is 0 Å². The Morgan fingerprint density at radius 1 is 1.00 bits per heavy atom. The molecule has 2 aromatic rings. The third-order valence-corrected chi connectivity index (χ3v) is 5.66. The Labute approximate surface area is 154 Å². The fourth-order valence-electron chi connectivity index (χ4n) is 3.99. The van der Waals surface area contributed by atoms with Gasteiger partial charge in [0, 0.05) is 31.7 Å². The van der Waals surface area contributed by atoms with Gasteiger partial charge >= 0.3 is 0 Å². The van der Waals surface area contributed by atoms with Gasteiger partial charge in [-0.3, -0.25) is 9.59 Å². The molecule has 0 aromatic heterocycles. The van der Waals surface area contributed by atoms with Crippen LogP contribution in [-0.4, -0.2) is 36.9 Å². The Kier molecular flexibility index (Phi) is 4.49. The van der Waals surface area contributed by atoms with E-state index in [1.165, 1.54) is 5.56 Å². The molecule has 3 atom stereocenters. The van der Waals surface area contributed by atoms with Gasteiger partial charge in [-0.25, -0.2) is 0 Å². The summed E-state index contributed by atoms with van der Waals surface area (Å²) in [6, 6.07) is 19.9. The van der Waals surface area contributed by atoms with Gasteiger partial charge in [0.1, 0.15) is 0 Å². The molecule has 0 N–H and O–H groups in total. The first-order valence-electron chi connectivity index (χ1n) is 9.31. The van der Waals surface area contributed by atoms with Crippen molar-refractivity contribution in [3.05, 3.63) is 66.2 Å². The standard InChI is InChI=1S/C22H24N2O2/c1-23(18-10-6-3-7-11-18)21(25)17-12-13-24(15-17)22(26)20-14-19(20)16-8-4-2-5-9-16/h2-11,17,19-20H,12-15H2,1H3. The van der Waals surface area contributed by atoms with Crippen molar-refractivity contribution in [1.82, 2.24) is 4.90 Å². The molecule has 1 saturated heterocycles. The van der Waals surface area contributed by atoms with Gasteiger partial charge in [0.25, 0.3) is 0 Å². The highest BCUT2D eigenvalue weighted by Crippen LogP contribution is 2.48.